The number of halogens is 1. The molecule has 0 aliphatic heterocycles. The maximum atomic E-state index is 13.4. The Morgan fingerprint density at radius 3 is 2.06 bits per heavy atom. The Balaban J connectivity index is 2.57. The first kappa shape index (κ1) is 25.4. The largest absolute Gasteiger partial charge is 0.507 e. The molecule has 0 unspecified atom stereocenters. The van der Waals surface area contributed by atoms with Crippen LogP contribution in [0.15, 0.2) is 22.3 Å². The zero-order valence-corrected chi connectivity index (χ0v) is 21.4. The van der Waals surface area contributed by atoms with Crippen molar-refractivity contribution in [2.24, 2.45) is 4.02 Å². The minimum absolute atomic E-state index is 0.00327. The molecular weight excluding hydrogens is 458 g/mol. The molecule has 0 saturated carbocycles. The summed E-state index contributed by atoms with van der Waals surface area (Å²) in [4.78, 5) is 13.4. The van der Waals surface area contributed by atoms with Crippen LogP contribution in [-0.4, -0.2) is 31.7 Å². The number of hydrogen-bond donors (Lipinski definition) is 2. The van der Waals surface area contributed by atoms with E-state index in [1.807, 2.05) is 69.0 Å². The second-order valence-corrected chi connectivity index (χ2v) is 10.5. The molecule has 0 saturated heterocycles. The van der Waals surface area contributed by atoms with Crippen LogP contribution in [0.4, 0.5) is 0 Å². The monoisotopic (exact) mass is 493 g/mol. The van der Waals surface area contributed by atoms with Gasteiger partial charge in [0.25, 0.3) is 0 Å². The quantitative estimate of drug-likeness (QED) is 0.551. The van der Waals surface area contributed by atoms with Crippen LogP contribution in [0, 0.1) is 0 Å². The van der Waals surface area contributed by atoms with E-state index in [0.717, 1.165) is 29.7 Å². The second-order valence-electron chi connectivity index (χ2n) is 10.1. The standard InChI is InChI=1S/C24H36BrN3O3/c1-8-9-17-14-27(22(26-25)28(17)10-11-29)15-20(30)16-12-18(23(2,3)4)21(31)19(13-16)24(5,6)7/h12-14,29,31H,8-11,15H2,1-7H3. The van der Waals surface area contributed by atoms with Gasteiger partial charge in [0.15, 0.2) is 5.78 Å². The number of aryl methyl sites for hydroxylation is 1. The summed E-state index contributed by atoms with van der Waals surface area (Å²) in [5.41, 5.74) is 3.13. The Kier molecular flexibility index (Phi) is 7.98. The van der Waals surface area contributed by atoms with Crippen molar-refractivity contribution in [2.45, 2.75) is 85.2 Å². The highest BCUT2D eigenvalue weighted by Crippen LogP contribution is 2.39. The minimum Gasteiger partial charge on any atom is -0.507 e. The predicted octanol–water partition coefficient (Wildman–Crippen LogP) is 4.63. The van der Waals surface area contributed by atoms with Crippen LogP contribution in [0.3, 0.4) is 0 Å². The summed E-state index contributed by atoms with van der Waals surface area (Å²) in [5, 5.41) is 20.4. The zero-order chi connectivity index (χ0) is 23.6. The number of hydrogen-bond acceptors (Lipinski definition) is 4. The summed E-state index contributed by atoms with van der Waals surface area (Å²) in [6.07, 6.45) is 3.72. The van der Waals surface area contributed by atoms with Gasteiger partial charge in [-0.3, -0.25) is 4.79 Å². The highest BCUT2D eigenvalue weighted by atomic mass is 79.9. The van der Waals surface area contributed by atoms with Gasteiger partial charge in [-0.2, -0.15) is 4.02 Å². The first-order valence-electron chi connectivity index (χ1n) is 10.8. The smallest absolute Gasteiger partial charge is 0.217 e. The Labute approximate surface area is 194 Å². The molecule has 0 aliphatic carbocycles. The summed E-state index contributed by atoms with van der Waals surface area (Å²) in [6.45, 7) is 14.8. The van der Waals surface area contributed by atoms with Gasteiger partial charge in [0.05, 0.1) is 29.3 Å². The number of imidazole rings is 1. The molecule has 7 heteroatoms. The molecule has 0 aliphatic rings. The van der Waals surface area contributed by atoms with Crippen molar-refractivity contribution in [2.75, 3.05) is 6.61 Å². The lowest BCUT2D eigenvalue weighted by Gasteiger charge is -2.28. The van der Waals surface area contributed by atoms with Crippen LogP contribution in [0.25, 0.3) is 0 Å². The van der Waals surface area contributed by atoms with Crippen molar-refractivity contribution < 1.29 is 15.0 Å². The number of carbonyl (C=O) groups excluding carboxylic acids is 1. The van der Waals surface area contributed by atoms with Gasteiger partial charge in [-0.05, 0) is 29.4 Å². The van der Waals surface area contributed by atoms with Crippen molar-refractivity contribution in [3.8, 4) is 5.75 Å². The van der Waals surface area contributed by atoms with E-state index in [1.54, 1.807) is 0 Å². The first-order chi connectivity index (χ1) is 14.3. The Bertz CT molecular complexity index is 970. The molecule has 31 heavy (non-hydrogen) atoms. The van der Waals surface area contributed by atoms with Crippen molar-refractivity contribution in [3.05, 3.63) is 46.3 Å². The molecule has 1 aromatic heterocycles. The molecule has 0 amide bonds. The third kappa shape index (κ3) is 5.69. The van der Waals surface area contributed by atoms with E-state index in [4.69, 9.17) is 0 Å². The number of phenols is 1. The second kappa shape index (κ2) is 9.74. The molecule has 2 N–H and O–H groups in total. The maximum absolute atomic E-state index is 13.4. The molecular formula is C24H36BrN3O3. The molecule has 0 fully saturated rings. The topological polar surface area (TPSA) is 79.8 Å². The van der Waals surface area contributed by atoms with Crippen LogP contribution in [0.1, 0.15) is 82.1 Å². The number of rotatable bonds is 7. The van der Waals surface area contributed by atoms with Gasteiger partial charge in [0.2, 0.25) is 5.62 Å². The fourth-order valence-electron chi connectivity index (χ4n) is 3.79. The fraction of sp³-hybridized carbons (Fsp3) is 0.583. The van der Waals surface area contributed by atoms with Crippen LogP contribution in [0.5, 0.6) is 5.75 Å². The van der Waals surface area contributed by atoms with Crippen LogP contribution >= 0.6 is 16.1 Å². The highest BCUT2D eigenvalue weighted by Gasteiger charge is 2.28. The number of benzene rings is 1. The number of nitrogens with zero attached hydrogens (tertiary/aromatic N) is 3. The summed E-state index contributed by atoms with van der Waals surface area (Å²) >= 11 is 3.18. The number of phenolic OH excluding ortho intramolecular Hbond substituents is 1. The molecule has 0 spiro atoms. The number of ketones is 1. The van der Waals surface area contributed by atoms with Crippen molar-refractivity contribution in [1.82, 2.24) is 9.13 Å². The van der Waals surface area contributed by atoms with E-state index in [1.165, 1.54) is 0 Å². The molecule has 172 valence electrons. The summed E-state index contributed by atoms with van der Waals surface area (Å²) in [6, 6.07) is 3.63. The summed E-state index contributed by atoms with van der Waals surface area (Å²) < 4.78 is 7.95. The number of aliphatic hydroxyl groups excluding tert-OH is 1. The molecule has 2 aromatic rings. The van der Waals surface area contributed by atoms with Gasteiger partial charge in [0.1, 0.15) is 5.75 Å². The molecule has 1 aromatic carbocycles. The van der Waals surface area contributed by atoms with Gasteiger partial charge in [-0.25, -0.2) is 0 Å². The third-order valence-corrected chi connectivity index (χ3v) is 5.73. The first-order valence-corrected chi connectivity index (χ1v) is 11.5. The molecule has 6 nitrogen and oxygen atoms in total. The minimum atomic E-state index is -0.303. The highest BCUT2D eigenvalue weighted by molar-refractivity contribution is 9.08. The number of aromatic hydroxyl groups is 1. The van der Waals surface area contributed by atoms with Crippen molar-refractivity contribution >= 4 is 21.9 Å². The SMILES string of the molecule is CCCc1cn(CC(=O)c2cc(C(C)(C)C)c(O)c(C(C)(C)C)c2)c(=NBr)n1CCO. The van der Waals surface area contributed by atoms with Gasteiger partial charge < -0.3 is 19.3 Å². The van der Waals surface area contributed by atoms with Gasteiger partial charge >= 0.3 is 0 Å². The fourth-order valence-corrected chi connectivity index (χ4v) is 4.18. The molecule has 0 atom stereocenters. The molecule has 2 rings (SSSR count). The predicted molar refractivity (Wildman–Crippen MR) is 128 cm³/mol. The summed E-state index contributed by atoms with van der Waals surface area (Å²) in [7, 11) is 0. The van der Waals surface area contributed by atoms with Gasteiger partial charge in [-0.1, -0.05) is 54.9 Å². The van der Waals surface area contributed by atoms with Crippen LogP contribution in [0.2, 0.25) is 0 Å². The number of Topliss-reactive ketones (excluding diaryl/α,β-unsaturated/α-hetero) is 1. The lowest BCUT2D eigenvalue weighted by atomic mass is 9.78. The Morgan fingerprint density at radius 2 is 1.65 bits per heavy atom. The molecule has 0 bridgehead atoms. The van der Waals surface area contributed by atoms with E-state index in [0.29, 0.717) is 17.7 Å². The Morgan fingerprint density at radius 1 is 1.10 bits per heavy atom. The van der Waals surface area contributed by atoms with E-state index >= 15 is 0 Å². The lowest BCUT2D eigenvalue weighted by molar-refractivity contribution is 0.0970. The third-order valence-electron chi connectivity index (χ3n) is 5.42. The van der Waals surface area contributed by atoms with Crippen LogP contribution in [-0.2, 0) is 30.3 Å². The average Bonchev–Trinajstić information content (AvgIpc) is 2.96. The van der Waals surface area contributed by atoms with Crippen molar-refractivity contribution in [3.63, 3.8) is 0 Å². The van der Waals surface area contributed by atoms with E-state index in [9.17, 15) is 15.0 Å². The summed E-state index contributed by atoms with van der Waals surface area (Å²) in [5.74, 6) is 0.210. The Hall–Kier alpha value is -1.86. The molecule has 1 heterocycles. The number of aliphatic hydroxyl groups is 1. The number of carbonyl (C=O) groups is 1. The average molecular weight is 494 g/mol. The van der Waals surface area contributed by atoms with Gasteiger partial charge in [0, 0.05) is 35.1 Å². The van der Waals surface area contributed by atoms with E-state index in [2.05, 4.69) is 27.1 Å². The molecule has 0 radical (unpaired) electrons. The van der Waals surface area contributed by atoms with E-state index in [-0.39, 0.29) is 35.5 Å². The van der Waals surface area contributed by atoms with Crippen LogP contribution < -0.4 is 5.62 Å². The van der Waals surface area contributed by atoms with Gasteiger partial charge in [-0.15, -0.1) is 0 Å². The lowest BCUT2D eigenvalue weighted by Crippen LogP contribution is -2.29. The zero-order valence-electron chi connectivity index (χ0n) is 19.8. The van der Waals surface area contributed by atoms with Crippen molar-refractivity contribution in [1.29, 1.82) is 0 Å². The number of aromatic nitrogens is 2. The normalized spacial score (nSPS) is 13.1. The maximum Gasteiger partial charge on any atom is 0.217 e. The van der Waals surface area contributed by atoms with E-state index < -0.39 is 0 Å².